The lowest BCUT2D eigenvalue weighted by molar-refractivity contribution is 0.0749. The van der Waals surface area contributed by atoms with Crippen molar-refractivity contribution in [3.63, 3.8) is 0 Å². The van der Waals surface area contributed by atoms with Crippen LogP contribution < -0.4 is 0 Å². The highest BCUT2D eigenvalue weighted by molar-refractivity contribution is 5.97. The highest BCUT2D eigenvalue weighted by atomic mass is 16.3. The van der Waals surface area contributed by atoms with Gasteiger partial charge >= 0.3 is 0 Å². The highest BCUT2D eigenvalue weighted by Gasteiger charge is 2.32. The molecule has 1 aliphatic carbocycles. The lowest BCUT2D eigenvalue weighted by Crippen LogP contribution is -2.32. The highest BCUT2D eigenvalue weighted by Crippen LogP contribution is 2.29. The van der Waals surface area contributed by atoms with Crippen molar-refractivity contribution in [1.29, 1.82) is 0 Å². The fourth-order valence-electron chi connectivity index (χ4n) is 1.76. The first-order valence-corrected chi connectivity index (χ1v) is 5.33. The van der Waals surface area contributed by atoms with Gasteiger partial charge in [-0.3, -0.25) is 4.79 Å². The minimum atomic E-state index is -0.0573. The van der Waals surface area contributed by atoms with Crippen LogP contribution in [0.15, 0.2) is 24.3 Å². The van der Waals surface area contributed by atoms with Crippen LogP contribution in [0.4, 0.5) is 0 Å². The number of benzene rings is 1. The summed E-state index contributed by atoms with van der Waals surface area (Å²) in [5.41, 5.74) is 0.409. The van der Waals surface area contributed by atoms with Gasteiger partial charge in [0.25, 0.3) is 5.91 Å². The van der Waals surface area contributed by atoms with Crippen LogP contribution in [0, 0.1) is 0 Å². The van der Waals surface area contributed by atoms with Gasteiger partial charge in [-0.1, -0.05) is 12.1 Å². The zero-order valence-corrected chi connectivity index (χ0v) is 8.81. The first-order chi connectivity index (χ1) is 7.24. The van der Waals surface area contributed by atoms with E-state index in [2.05, 4.69) is 0 Å². The molecule has 1 aliphatic rings. The fraction of sp³-hybridized carbons (Fsp3) is 0.417. The van der Waals surface area contributed by atoms with Gasteiger partial charge in [0.1, 0.15) is 5.75 Å². The smallest absolute Gasteiger partial charge is 0.257 e. The molecule has 1 amide bonds. The number of hydrogen-bond donors (Lipinski definition) is 1. The van der Waals surface area contributed by atoms with Crippen LogP contribution in [-0.4, -0.2) is 28.5 Å². The van der Waals surface area contributed by atoms with Gasteiger partial charge in [-0.15, -0.1) is 0 Å². The van der Waals surface area contributed by atoms with E-state index in [1.165, 1.54) is 0 Å². The Kier molecular flexibility index (Phi) is 2.62. The Morgan fingerprint density at radius 2 is 2.13 bits per heavy atom. The second-order valence-corrected chi connectivity index (χ2v) is 3.84. The van der Waals surface area contributed by atoms with Crippen LogP contribution >= 0.6 is 0 Å². The number of carbonyl (C=O) groups is 1. The van der Waals surface area contributed by atoms with E-state index < -0.39 is 0 Å². The van der Waals surface area contributed by atoms with E-state index in [0.717, 1.165) is 12.8 Å². The van der Waals surface area contributed by atoms with Crippen molar-refractivity contribution >= 4 is 5.91 Å². The summed E-state index contributed by atoms with van der Waals surface area (Å²) in [5.74, 6) is 0.0136. The van der Waals surface area contributed by atoms with Gasteiger partial charge in [0.05, 0.1) is 5.56 Å². The number of hydrogen-bond acceptors (Lipinski definition) is 2. The summed E-state index contributed by atoms with van der Waals surface area (Å²) in [7, 11) is 0. The minimum Gasteiger partial charge on any atom is -0.507 e. The molecule has 0 unspecified atom stereocenters. The number of phenols is 1. The Labute approximate surface area is 89.3 Å². The molecule has 0 spiro atoms. The third-order valence-corrected chi connectivity index (χ3v) is 2.72. The molecule has 1 N–H and O–H groups in total. The molecule has 0 aromatic heterocycles. The second-order valence-electron chi connectivity index (χ2n) is 3.84. The molecule has 0 radical (unpaired) electrons. The van der Waals surface area contributed by atoms with Crippen LogP contribution in [0.1, 0.15) is 30.1 Å². The van der Waals surface area contributed by atoms with Crippen LogP contribution in [0.5, 0.6) is 5.75 Å². The summed E-state index contributed by atoms with van der Waals surface area (Å²) in [4.78, 5) is 13.9. The Balaban J connectivity index is 2.22. The second kappa shape index (κ2) is 3.93. The quantitative estimate of drug-likeness (QED) is 0.820. The molecular weight excluding hydrogens is 190 g/mol. The summed E-state index contributed by atoms with van der Waals surface area (Å²) in [6.45, 7) is 2.67. The number of rotatable bonds is 3. The van der Waals surface area contributed by atoms with Gasteiger partial charge in [0, 0.05) is 12.6 Å². The number of para-hydroxylation sites is 1. The topological polar surface area (TPSA) is 40.5 Å². The van der Waals surface area contributed by atoms with E-state index in [1.54, 1.807) is 24.3 Å². The van der Waals surface area contributed by atoms with Gasteiger partial charge in [-0.25, -0.2) is 0 Å². The summed E-state index contributed by atoms with van der Waals surface area (Å²) in [5, 5.41) is 9.58. The van der Waals surface area contributed by atoms with E-state index in [9.17, 15) is 9.90 Å². The lowest BCUT2D eigenvalue weighted by atomic mass is 10.1. The monoisotopic (exact) mass is 205 g/mol. The van der Waals surface area contributed by atoms with Crippen molar-refractivity contribution in [1.82, 2.24) is 4.90 Å². The summed E-state index contributed by atoms with van der Waals surface area (Å²) >= 11 is 0. The Bertz CT molecular complexity index is 372. The summed E-state index contributed by atoms with van der Waals surface area (Å²) in [6, 6.07) is 7.10. The normalized spacial score (nSPS) is 15.0. The summed E-state index contributed by atoms with van der Waals surface area (Å²) < 4.78 is 0. The number of carbonyl (C=O) groups excluding carboxylic acids is 1. The molecule has 0 saturated heterocycles. The van der Waals surface area contributed by atoms with Crippen LogP contribution in [-0.2, 0) is 0 Å². The Hall–Kier alpha value is -1.51. The summed E-state index contributed by atoms with van der Waals surface area (Å²) in [6.07, 6.45) is 2.18. The SMILES string of the molecule is CCN(C(=O)c1ccccc1O)C1CC1. The fourth-order valence-corrected chi connectivity index (χ4v) is 1.76. The predicted octanol–water partition coefficient (Wildman–Crippen LogP) is 2.02. The first-order valence-electron chi connectivity index (χ1n) is 5.33. The van der Waals surface area contributed by atoms with E-state index in [0.29, 0.717) is 18.2 Å². The molecule has 0 aliphatic heterocycles. The van der Waals surface area contributed by atoms with Gasteiger partial charge in [-0.05, 0) is 31.9 Å². The molecule has 1 fully saturated rings. The minimum absolute atomic E-state index is 0.0573. The van der Waals surface area contributed by atoms with Gasteiger partial charge in [0.2, 0.25) is 0 Å². The van der Waals surface area contributed by atoms with Gasteiger partial charge in [-0.2, -0.15) is 0 Å². The Morgan fingerprint density at radius 1 is 1.47 bits per heavy atom. The van der Waals surface area contributed by atoms with Crippen molar-refractivity contribution in [2.45, 2.75) is 25.8 Å². The van der Waals surface area contributed by atoms with Gasteiger partial charge in [0.15, 0.2) is 0 Å². The van der Waals surface area contributed by atoms with Crippen LogP contribution in [0.25, 0.3) is 0 Å². The maximum atomic E-state index is 12.0. The van der Waals surface area contributed by atoms with E-state index in [1.807, 2.05) is 11.8 Å². The molecule has 2 rings (SSSR count). The zero-order chi connectivity index (χ0) is 10.8. The molecule has 0 atom stereocenters. The van der Waals surface area contributed by atoms with E-state index in [4.69, 9.17) is 0 Å². The molecule has 3 heteroatoms. The first kappa shape index (κ1) is 10.0. The standard InChI is InChI=1S/C12H15NO2/c1-2-13(9-7-8-9)12(15)10-5-3-4-6-11(10)14/h3-6,9,14H,2,7-8H2,1H3. The van der Waals surface area contributed by atoms with Crippen molar-refractivity contribution in [3.05, 3.63) is 29.8 Å². The molecular formula is C12H15NO2. The molecule has 3 nitrogen and oxygen atoms in total. The van der Waals surface area contributed by atoms with E-state index >= 15 is 0 Å². The molecule has 1 aromatic rings. The molecule has 1 saturated carbocycles. The van der Waals surface area contributed by atoms with Crippen LogP contribution in [0.2, 0.25) is 0 Å². The van der Waals surface area contributed by atoms with Crippen molar-refractivity contribution < 1.29 is 9.90 Å². The number of amides is 1. The van der Waals surface area contributed by atoms with Crippen molar-refractivity contribution in [3.8, 4) is 5.75 Å². The number of nitrogens with zero attached hydrogens (tertiary/aromatic N) is 1. The molecule has 1 aromatic carbocycles. The maximum Gasteiger partial charge on any atom is 0.257 e. The van der Waals surface area contributed by atoms with E-state index in [-0.39, 0.29) is 11.7 Å². The molecule has 0 bridgehead atoms. The predicted molar refractivity (Wildman–Crippen MR) is 57.8 cm³/mol. The van der Waals surface area contributed by atoms with Crippen molar-refractivity contribution in [2.24, 2.45) is 0 Å². The average Bonchev–Trinajstić information content (AvgIpc) is 3.03. The molecule has 15 heavy (non-hydrogen) atoms. The number of aromatic hydroxyl groups is 1. The largest absolute Gasteiger partial charge is 0.507 e. The van der Waals surface area contributed by atoms with Crippen LogP contribution in [0.3, 0.4) is 0 Å². The third-order valence-electron chi connectivity index (χ3n) is 2.72. The zero-order valence-electron chi connectivity index (χ0n) is 8.81. The Morgan fingerprint density at radius 3 is 2.67 bits per heavy atom. The number of phenolic OH excluding ortho intramolecular Hbond substituents is 1. The maximum absolute atomic E-state index is 12.0. The van der Waals surface area contributed by atoms with Gasteiger partial charge < -0.3 is 10.0 Å². The molecule has 0 heterocycles. The third kappa shape index (κ3) is 1.96. The molecule has 80 valence electrons. The lowest BCUT2D eigenvalue weighted by Gasteiger charge is -2.20. The van der Waals surface area contributed by atoms with Crippen molar-refractivity contribution in [2.75, 3.05) is 6.54 Å². The average molecular weight is 205 g/mol.